The molecule has 0 unspecified atom stereocenters. The normalized spacial score (nSPS) is 11.6. The molecule has 0 amide bonds. The fourth-order valence-electron chi connectivity index (χ4n) is 2.40. The average molecular weight is 270 g/mol. The zero-order chi connectivity index (χ0) is 14.9. The van der Waals surface area contributed by atoms with Crippen molar-refractivity contribution in [2.45, 2.75) is 39.5 Å². The molecule has 0 fully saturated rings. The molecule has 2 aromatic rings. The Labute approximate surface area is 120 Å². The van der Waals surface area contributed by atoms with Gasteiger partial charge in [0.1, 0.15) is 11.5 Å². The molecule has 0 atom stereocenters. The van der Waals surface area contributed by atoms with Crippen LogP contribution < -0.4 is 0 Å². The molecular formula is C18H22O2. The molecule has 2 nitrogen and oxygen atoms in total. The summed E-state index contributed by atoms with van der Waals surface area (Å²) in [7, 11) is 0. The van der Waals surface area contributed by atoms with Crippen LogP contribution in [-0.2, 0) is 11.8 Å². The van der Waals surface area contributed by atoms with Crippen molar-refractivity contribution in [3.05, 3.63) is 58.7 Å². The van der Waals surface area contributed by atoms with Gasteiger partial charge in [0.15, 0.2) is 0 Å². The molecule has 2 aromatic carbocycles. The maximum absolute atomic E-state index is 10.5. The molecular weight excluding hydrogens is 248 g/mol. The lowest BCUT2D eigenvalue weighted by molar-refractivity contribution is 0.440. The summed E-state index contributed by atoms with van der Waals surface area (Å²) in [6, 6.07) is 11.4. The van der Waals surface area contributed by atoms with Crippen molar-refractivity contribution in [1.82, 2.24) is 0 Å². The van der Waals surface area contributed by atoms with Crippen LogP contribution in [0.4, 0.5) is 0 Å². The minimum Gasteiger partial charge on any atom is -0.508 e. The molecule has 0 saturated carbocycles. The summed E-state index contributed by atoms with van der Waals surface area (Å²) in [5, 5.41) is 20.4. The summed E-state index contributed by atoms with van der Waals surface area (Å²) < 4.78 is 0. The Kier molecular flexibility index (Phi) is 3.76. The van der Waals surface area contributed by atoms with Crippen LogP contribution >= 0.6 is 0 Å². The Balaban J connectivity index is 2.42. The van der Waals surface area contributed by atoms with E-state index in [-0.39, 0.29) is 11.2 Å². The summed E-state index contributed by atoms with van der Waals surface area (Å²) in [4.78, 5) is 0. The van der Waals surface area contributed by atoms with E-state index in [9.17, 15) is 10.2 Å². The maximum atomic E-state index is 10.5. The van der Waals surface area contributed by atoms with Crippen molar-refractivity contribution in [3.8, 4) is 11.5 Å². The minimum atomic E-state index is -0.102. The van der Waals surface area contributed by atoms with Crippen LogP contribution in [0.2, 0.25) is 0 Å². The Morgan fingerprint density at radius 3 is 2.30 bits per heavy atom. The first-order chi connectivity index (χ1) is 9.29. The Hall–Kier alpha value is -1.96. The fraction of sp³-hybridized carbons (Fsp3) is 0.333. The molecule has 0 aliphatic heterocycles. The maximum Gasteiger partial charge on any atom is 0.122 e. The van der Waals surface area contributed by atoms with Gasteiger partial charge in [-0.25, -0.2) is 0 Å². The number of aromatic hydroxyl groups is 2. The number of aryl methyl sites for hydroxylation is 1. The molecule has 0 saturated heterocycles. The van der Waals surface area contributed by atoms with Crippen molar-refractivity contribution >= 4 is 0 Å². The van der Waals surface area contributed by atoms with Gasteiger partial charge in [-0.1, -0.05) is 56.7 Å². The lowest BCUT2D eigenvalue weighted by atomic mass is 9.84. The van der Waals surface area contributed by atoms with Crippen molar-refractivity contribution in [1.29, 1.82) is 0 Å². The third-order valence-corrected chi connectivity index (χ3v) is 3.54. The van der Waals surface area contributed by atoms with E-state index in [0.717, 1.165) is 22.3 Å². The van der Waals surface area contributed by atoms with E-state index >= 15 is 0 Å². The number of para-hydroxylation sites is 1. The number of phenolic OH excluding ortho intramolecular Hbond substituents is 2. The van der Waals surface area contributed by atoms with Crippen molar-refractivity contribution in [2.75, 3.05) is 0 Å². The summed E-state index contributed by atoms with van der Waals surface area (Å²) in [6.07, 6.45) is 0.531. The molecule has 2 rings (SSSR count). The zero-order valence-corrected chi connectivity index (χ0v) is 12.6. The first-order valence-electron chi connectivity index (χ1n) is 6.89. The van der Waals surface area contributed by atoms with Crippen LogP contribution in [0, 0.1) is 6.92 Å². The smallest absolute Gasteiger partial charge is 0.122 e. The number of hydrogen-bond acceptors (Lipinski definition) is 2. The number of rotatable bonds is 2. The van der Waals surface area contributed by atoms with Crippen molar-refractivity contribution in [2.24, 2.45) is 0 Å². The highest BCUT2D eigenvalue weighted by atomic mass is 16.3. The van der Waals surface area contributed by atoms with Gasteiger partial charge in [-0.05, 0) is 35.1 Å². The Morgan fingerprint density at radius 2 is 1.65 bits per heavy atom. The van der Waals surface area contributed by atoms with E-state index in [1.54, 1.807) is 6.07 Å². The highest BCUT2D eigenvalue weighted by molar-refractivity contribution is 5.48. The first-order valence-corrected chi connectivity index (χ1v) is 6.89. The fourth-order valence-corrected chi connectivity index (χ4v) is 2.40. The van der Waals surface area contributed by atoms with Gasteiger partial charge in [0.2, 0.25) is 0 Å². The highest BCUT2D eigenvalue weighted by Gasteiger charge is 2.20. The Bertz CT molecular complexity index is 622. The standard InChI is InChI=1S/C18H22O2/c1-12-8-9-16(19)14(10-12)11-13-6-5-7-15(17(13)20)18(2,3)4/h5-10,19-20H,11H2,1-4H3. The minimum absolute atomic E-state index is 0.102. The molecule has 2 heteroatoms. The van der Waals surface area contributed by atoms with E-state index in [2.05, 4.69) is 20.8 Å². The third kappa shape index (κ3) is 2.96. The van der Waals surface area contributed by atoms with E-state index < -0.39 is 0 Å². The Morgan fingerprint density at radius 1 is 0.950 bits per heavy atom. The summed E-state index contributed by atoms with van der Waals surface area (Å²) in [5.41, 5.74) is 3.62. The van der Waals surface area contributed by atoms with Gasteiger partial charge in [0, 0.05) is 6.42 Å². The average Bonchev–Trinajstić information content (AvgIpc) is 2.35. The van der Waals surface area contributed by atoms with Gasteiger partial charge in [-0.2, -0.15) is 0 Å². The van der Waals surface area contributed by atoms with Crippen molar-refractivity contribution in [3.63, 3.8) is 0 Å². The lowest BCUT2D eigenvalue weighted by Gasteiger charge is -2.22. The zero-order valence-electron chi connectivity index (χ0n) is 12.6. The van der Waals surface area contributed by atoms with Crippen LogP contribution in [0.1, 0.15) is 43.0 Å². The topological polar surface area (TPSA) is 40.5 Å². The molecule has 0 spiro atoms. The second kappa shape index (κ2) is 5.20. The summed E-state index contributed by atoms with van der Waals surface area (Å²) >= 11 is 0. The number of hydrogen-bond donors (Lipinski definition) is 2. The van der Waals surface area contributed by atoms with Crippen molar-refractivity contribution < 1.29 is 10.2 Å². The molecule has 0 radical (unpaired) electrons. The molecule has 0 aliphatic carbocycles. The second-order valence-electron chi connectivity index (χ2n) is 6.37. The van der Waals surface area contributed by atoms with E-state index in [4.69, 9.17) is 0 Å². The quantitative estimate of drug-likeness (QED) is 0.854. The first kappa shape index (κ1) is 14.4. The van der Waals surface area contributed by atoms with Crippen LogP contribution in [0.25, 0.3) is 0 Å². The van der Waals surface area contributed by atoms with Gasteiger partial charge in [0.05, 0.1) is 0 Å². The second-order valence-corrected chi connectivity index (χ2v) is 6.37. The number of phenols is 2. The summed E-state index contributed by atoms with van der Waals surface area (Å²) in [6.45, 7) is 8.23. The molecule has 0 aliphatic rings. The highest BCUT2D eigenvalue weighted by Crippen LogP contribution is 2.35. The molecule has 0 aromatic heterocycles. The lowest BCUT2D eigenvalue weighted by Crippen LogP contribution is -2.12. The molecule has 20 heavy (non-hydrogen) atoms. The molecule has 0 heterocycles. The summed E-state index contributed by atoms with van der Waals surface area (Å²) in [5.74, 6) is 0.608. The predicted molar refractivity (Wildman–Crippen MR) is 82.5 cm³/mol. The van der Waals surface area contributed by atoms with E-state index in [0.29, 0.717) is 12.2 Å². The molecule has 2 N–H and O–H groups in total. The van der Waals surface area contributed by atoms with Crippen LogP contribution in [0.3, 0.4) is 0 Å². The van der Waals surface area contributed by atoms with E-state index in [1.165, 1.54) is 0 Å². The van der Waals surface area contributed by atoms with E-state index in [1.807, 2.05) is 37.3 Å². The van der Waals surface area contributed by atoms with Gasteiger partial charge < -0.3 is 10.2 Å². The van der Waals surface area contributed by atoms with Crippen LogP contribution in [0.15, 0.2) is 36.4 Å². The van der Waals surface area contributed by atoms with Gasteiger partial charge in [-0.3, -0.25) is 0 Å². The van der Waals surface area contributed by atoms with Gasteiger partial charge in [0.25, 0.3) is 0 Å². The van der Waals surface area contributed by atoms with Crippen LogP contribution in [0.5, 0.6) is 11.5 Å². The monoisotopic (exact) mass is 270 g/mol. The SMILES string of the molecule is Cc1ccc(O)c(Cc2cccc(C(C)(C)C)c2O)c1. The molecule has 0 bridgehead atoms. The van der Waals surface area contributed by atoms with Gasteiger partial charge in [-0.15, -0.1) is 0 Å². The third-order valence-electron chi connectivity index (χ3n) is 3.54. The largest absolute Gasteiger partial charge is 0.508 e. The number of benzene rings is 2. The van der Waals surface area contributed by atoms with Crippen LogP contribution in [-0.4, -0.2) is 10.2 Å². The molecule has 106 valence electrons. The van der Waals surface area contributed by atoms with Gasteiger partial charge >= 0.3 is 0 Å². The predicted octanol–water partition coefficient (Wildman–Crippen LogP) is 4.29.